The van der Waals surface area contributed by atoms with Gasteiger partial charge in [0.25, 0.3) is 0 Å². The number of benzene rings is 1. The van der Waals surface area contributed by atoms with Crippen LogP contribution in [0.4, 0.5) is 11.4 Å². The number of anilines is 2. The molecular formula is C13H18BrN3O. The zero-order chi connectivity index (χ0) is 13.1. The summed E-state index contributed by atoms with van der Waals surface area (Å²) in [7, 11) is 1.99. The highest BCUT2D eigenvalue weighted by Gasteiger charge is 2.26. The largest absolute Gasteiger partial charge is 0.397 e. The van der Waals surface area contributed by atoms with Gasteiger partial charge in [-0.15, -0.1) is 0 Å². The van der Waals surface area contributed by atoms with Gasteiger partial charge in [0.1, 0.15) is 0 Å². The molecule has 1 aliphatic heterocycles. The molecule has 1 atom stereocenters. The number of likely N-dealkylation sites (tertiary alicyclic amines) is 1. The Morgan fingerprint density at radius 1 is 1.50 bits per heavy atom. The first-order chi connectivity index (χ1) is 8.58. The molecule has 4 nitrogen and oxygen atoms in total. The smallest absolute Gasteiger partial charge is 0.241 e. The molecule has 2 rings (SSSR count). The minimum atomic E-state index is -0.0443. The topological polar surface area (TPSA) is 58.4 Å². The first-order valence-corrected chi connectivity index (χ1v) is 6.93. The molecule has 1 heterocycles. The molecule has 0 aromatic heterocycles. The Morgan fingerprint density at radius 3 is 3.00 bits per heavy atom. The number of nitrogens with zero attached hydrogens (tertiary/aromatic N) is 1. The van der Waals surface area contributed by atoms with E-state index < -0.39 is 0 Å². The Hall–Kier alpha value is -1.07. The third kappa shape index (κ3) is 3.03. The SMILES string of the molecule is CN1CCCCC1C(=O)Nc1cc(Br)ccc1N. The highest BCUT2D eigenvalue weighted by Crippen LogP contribution is 2.24. The molecule has 0 spiro atoms. The molecule has 1 aromatic rings. The van der Waals surface area contributed by atoms with E-state index in [1.807, 2.05) is 19.2 Å². The molecule has 1 unspecified atom stereocenters. The van der Waals surface area contributed by atoms with Crippen molar-refractivity contribution in [1.29, 1.82) is 0 Å². The third-order valence-electron chi connectivity index (χ3n) is 3.35. The number of piperidine rings is 1. The first-order valence-electron chi connectivity index (χ1n) is 6.14. The molecular weight excluding hydrogens is 294 g/mol. The zero-order valence-electron chi connectivity index (χ0n) is 10.4. The number of rotatable bonds is 2. The van der Waals surface area contributed by atoms with Crippen molar-refractivity contribution in [1.82, 2.24) is 4.90 Å². The predicted octanol–water partition coefficient (Wildman–Crippen LogP) is 2.45. The molecule has 18 heavy (non-hydrogen) atoms. The fraction of sp³-hybridized carbons (Fsp3) is 0.462. The molecule has 5 heteroatoms. The maximum Gasteiger partial charge on any atom is 0.241 e. The van der Waals surface area contributed by atoms with Gasteiger partial charge in [-0.25, -0.2) is 0 Å². The Kier molecular flexibility index (Phi) is 4.24. The summed E-state index contributed by atoms with van der Waals surface area (Å²) in [5, 5.41) is 2.92. The van der Waals surface area contributed by atoms with Gasteiger partial charge >= 0.3 is 0 Å². The molecule has 0 aliphatic carbocycles. The van der Waals surface area contributed by atoms with Crippen molar-refractivity contribution in [2.45, 2.75) is 25.3 Å². The van der Waals surface area contributed by atoms with Gasteiger partial charge in [-0.1, -0.05) is 22.4 Å². The number of likely N-dealkylation sites (N-methyl/N-ethyl adjacent to an activating group) is 1. The number of hydrogen-bond acceptors (Lipinski definition) is 3. The van der Waals surface area contributed by atoms with Crippen molar-refractivity contribution in [3.8, 4) is 0 Å². The highest BCUT2D eigenvalue weighted by molar-refractivity contribution is 9.10. The number of nitrogens with one attached hydrogen (secondary N) is 1. The molecule has 1 aromatic carbocycles. The minimum absolute atomic E-state index is 0.0296. The normalized spacial score (nSPS) is 20.7. The van der Waals surface area contributed by atoms with E-state index in [1.165, 1.54) is 6.42 Å². The fourth-order valence-corrected chi connectivity index (χ4v) is 2.62. The average Bonchev–Trinajstić information content (AvgIpc) is 2.34. The number of halogens is 1. The Morgan fingerprint density at radius 2 is 2.28 bits per heavy atom. The summed E-state index contributed by atoms with van der Waals surface area (Å²) in [6, 6.07) is 5.43. The summed E-state index contributed by atoms with van der Waals surface area (Å²) in [5.41, 5.74) is 7.12. The van der Waals surface area contributed by atoms with Gasteiger partial charge in [0, 0.05) is 4.47 Å². The van der Waals surface area contributed by atoms with Crippen molar-refractivity contribution in [3.63, 3.8) is 0 Å². The first kappa shape index (κ1) is 13.4. The molecule has 0 radical (unpaired) electrons. The maximum atomic E-state index is 12.2. The second-order valence-corrected chi connectivity index (χ2v) is 5.63. The maximum absolute atomic E-state index is 12.2. The van der Waals surface area contributed by atoms with Crippen LogP contribution in [-0.2, 0) is 4.79 Å². The molecule has 0 saturated carbocycles. The van der Waals surface area contributed by atoms with Crippen molar-refractivity contribution >= 4 is 33.2 Å². The summed E-state index contributed by atoms with van der Waals surface area (Å²) >= 11 is 3.38. The second kappa shape index (κ2) is 5.71. The monoisotopic (exact) mass is 311 g/mol. The molecule has 1 amide bonds. The van der Waals surface area contributed by atoms with Crippen LogP contribution in [0.15, 0.2) is 22.7 Å². The van der Waals surface area contributed by atoms with Crippen LogP contribution in [-0.4, -0.2) is 30.4 Å². The Labute approximate surface area is 116 Å². The van der Waals surface area contributed by atoms with E-state index in [-0.39, 0.29) is 11.9 Å². The highest BCUT2D eigenvalue weighted by atomic mass is 79.9. The van der Waals surface area contributed by atoms with Gasteiger partial charge in [-0.2, -0.15) is 0 Å². The summed E-state index contributed by atoms with van der Waals surface area (Å²) in [4.78, 5) is 14.3. The Bertz CT molecular complexity index is 450. The van der Waals surface area contributed by atoms with Gasteiger partial charge in [0.2, 0.25) is 5.91 Å². The third-order valence-corrected chi connectivity index (χ3v) is 3.84. The average molecular weight is 312 g/mol. The quantitative estimate of drug-likeness (QED) is 0.825. The zero-order valence-corrected chi connectivity index (χ0v) is 12.0. The lowest BCUT2D eigenvalue weighted by molar-refractivity contribution is -0.121. The van der Waals surface area contributed by atoms with Crippen molar-refractivity contribution < 1.29 is 4.79 Å². The number of amides is 1. The summed E-state index contributed by atoms with van der Waals surface area (Å²) < 4.78 is 0.906. The van der Waals surface area contributed by atoms with Crippen LogP contribution in [0.5, 0.6) is 0 Å². The van der Waals surface area contributed by atoms with Gasteiger partial charge in [0.05, 0.1) is 17.4 Å². The van der Waals surface area contributed by atoms with Gasteiger partial charge in [-0.05, 0) is 44.6 Å². The fourth-order valence-electron chi connectivity index (χ4n) is 2.26. The molecule has 3 N–H and O–H groups in total. The summed E-state index contributed by atoms with van der Waals surface area (Å²) in [6.07, 6.45) is 3.19. The van der Waals surface area contributed by atoms with Crippen molar-refractivity contribution in [3.05, 3.63) is 22.7 Å². The molecule has 1 fully saturated rings. The molecule has 98 valence electrons. The van der Waals surface area contributed by atoms with Gasteiger partial charge in [-0.3, -0.25) is 9.69 Å². The molecule has 1 aliphatic rings. The van der Waals surface area contributed by atoms with E-state index in [0.717, 1.165) is 23.9 Å². The molecule has 0 bridgehead atoms. The lowest BCUT2D eigenvalue weighted by Gasteiger charge is -2.31. The van der Waals surface area contributed by atoms with Crippen LogP contribution in [0.2, 0.25) is 0 Å². The summed E-state index contributed by atoms with van der Waals surface area (Å²) in [5.74, 6) is 0.0296. The second-order valence-electron chi connectivity index (χ2n) is 4.71. The number of hydrogen-bond donors (Lipinski definition) is 2. The van der Waals surface area contributed by atoms with E-state index in [0.29, 0.717) is 11.4 Å². The van der Waals surface area contributed by atoms with E-state index >= 15 is 0 Å². The lowest BCUT2D eigenvalue weighted by atomic mass is 10.0. The number of nitrogens with two attached hydrogens (primary N) is 1. The van der Waals surface area contributed by atoms with Crippen LogP contribution in [0.25, 0.3) is 0 Å². The van der Waals surface area contributed by atoms with Crippen LogP contribution in [0, 0.1) is 0 Å². The van der Waals surface area contributed by atoms with Gasteiger partial charge in [0.15, 0.2) is 0 Å². The van der Waals surface area contributed by atoms with Crippen molar-refractivity contribution in [2.75, 3.05) is 24.6 Å². The standard InChI is InChI=1S/C13H18BrN3O/c1-17-7-3-2-4-12(17)13(18)16-11-8-9(14)5-6-10(11)15/h5-6,8,12H,2-4,7,15H2,1H3,(H,16,18). The van der Waals surface area contributed by atoms with E-state index in [1.54, 1.807) is 6.07 Å². The van der Waals surface area contributed by atoms with E-state index in [4.69, 9.17) is 5.73 Å². The number of carbonyl (C=O) groups is 1. The minimum Gasteiger partial charge on any atom is -0.397 e. The van der Waals surface area contributed by atoms with E-state index in [2.05, 4.69) is 26.1 Å². The van der Waals surface area contributed by atoms with Crippen LogP contribution in [0.1, 0.15) is 19.3 Å². The van der Waals surface area contributed by atoms with Crippen LogP contribution >= 0.6 is 15.9 Å². The van der Waals surface area contributed by atoms with E-state index in [9.17, 15) is 4.79 Å². The Balaban J connectivity index is 2.08. The predicted molar refractivity (Wildman–Crippen MR) is 77.5 cm³/mol. The van der Waals surface area contributed by atoms with Crippen LogP contribution in [0.3, 0.4) is 0 Å². The summed E-state index contributed by atoms with van der Waals surface area (Å²) in [6.45, 7) is 0.978. The number of nitrogen functional groups attached to an aromatic ring is 1. The number of carbonyl (C=O) groups excluding carboxylic acids is 1. The lowest BCUT2D eigenvalue weighted by Crippen LogP contribution is -2.44. The molecule has 1 saturated heterocycles. The van der Waals surface area contributed by atoms with Crippen molar-refractivity contribution in [2.24, 2.45) is 0 Å². The van der Waals surface area contributed by atoms with Gasteiger partial charge < -0.3 is 11.1 Å². The van der Waals surface area contributed by atoms with Crippen LogP contribution < -0.4 is 11.1 Å².